The van der Waals surface area contributed by atoms with Crippen LogP contribution in [-0.2, 0) is 11.2 Å². The number of piperidine rings is 1. The van der Waals surface area contributed by atoms with Crippen LogP contribution in [0.2, 0.25) is 0 Å². The first-order valence-electron chi connectivity index (χ1n) is 7.24. The molecular weight excluding hydrogens is 306 g/mol. The second kappa shape index (κ2) is 8.10. The molecule has 1 aliphatic rings. The van der Waals surface area contributed by atoms with E-state index in [4.69, 9.17) is 5.73 Å². The fourth-order valence-corrected chi connectivity index (χ4v) is 2.78. The summed E-state index contributed by atoms with van der Waals surface area (Å²) in [7, 11) is 0. The highest BCUT2D eigenvalue weighted by molar-refractivity contribution is 5.85. The number of carbonyl (C=O) groups excluding carboxylic acids is 1. The van der Waals surface area contributed by atoms with Crippen LogP contribution in [0.25, 0.3) is 0 Å². The van der Waals surface area contributed by atoms with Gasteiger partial charge < -0.3 is 10.6 Å². The van der Waals surface area contributed by atoms with E-state index in [2.05, 4.69) is 0 Å². The number of halogens is 1. The number of nitrogens with zero attached hydrogens (tertiary/aromatic N) is 2. The van der Waals surface area contributed by atoms with Crippen LogP contribution < -0.4 is 5.73 Å². The molecule has 0 bridgehead atoms. The third kappa shape index (κ3) is 4.42. The number of benzene rings is 1. The second-order valence-corrected chi connectivity index (χ2v) is 5.66. The van der Waals surface area contributed by atoms with Gasteiger partial charge in [-0.25, -0.2) is 0 Å². The molecule has 7 heteroatoms. The lowest BCUT2D eigenvalue weighted by Crippen LogP contribution is -2.45. The van der Waals surface area contributed by atoms with Gasteiger partial charge in [-0.3, -0.25) is 14.9 Å². The molecule has 2 unspecified atom stereocenters. The van der Waals surface area contributed by atoms with Gasteiger partial charge in [-0.15, -0.1) is 12.4 Å². The van der Waals surface area contributed by atoms with E-state index in [0.717, 1.165) is 12.8 Å². The molecule has 0 aliphatic carbocycles. The Hall–Kier alpha value is -1.66. The highest BCUT2D eigenvalue weighted by Crippen LogP contribution is 2.22. The molecule has 1 aromatic carbocycles. The van der Waals surface area contributed by atoms with E-state index in [9.17, 15) is 14.9 Å². The van der Waals surface area contributed by atoms with Crippen LogP contribution in [0.5, 0.6) is 0 Å². The van der Waals surface area contributed by atoms with Crippen molar-refractivity contribution in [1.29, 1.82) is 0 Å². The quantitative estimate of drug-likeness (QED) is 0.677. The van der Waals surface area contributed by atoms with Crippen molar-refractivity contribution in [2.75, 3.05) is 13.1 Å². The van der Waals surface area contributed by atoms with Gasteiger partial charge in [0.1, 0.15) is 0 Å². The zero-order valence-electron chi connectivity index (χ0n) is 12.6. The summed E-state index contributed by atoms with van der Waals surface area (Å²) < 4.78 is 0. The average Bonchev–Trinajstić information content (AvgIpc) is 2.47. The molecule has 2 atom stereocenters. The standard InChI is InChI=1S/C15H21N3O3.ClH/c1-11(16)13-6-4-8-17(10-13)15(19)9-12-5-2-3-7-14(12)18(20)21;/h2-3,5,7,11,13H,4,6,8-10,16H2,1H3;1H. The van der Waals surface area contributed by atoms with E-state index in [-0.39, 0.29) is 36.5 Å². The molecular formula is C15H22ClN3O3. The van der Waals surface area contributed by atoms with Gasteiger partial charge in [0.25, 0.3) is 5.69 Å². The maximum atomic E-state index is 12.4. The number of carbonyl (C=O) groups is 1. The summed E-state index contributed by atoms with van der Waals surface area (Å²) >= 11 is 0. The highest BCUT2D eigenvalue weighted by atomic mass is 35.5. The molecule has 1 amide bonds. The molecule has 0 spiro atoms. The highest BCUT2D eigenvalue weighted by Gasteiger charge is 2.27. The van der Waals surface area contributed by atoms with Crippen molar-refractivity contribution < 1.29 is 9.72 Å². The molecule has 1 aliphatic heterocycles. The number of nitro benzene ring substituents is 1. The maximum absolute atomic E-state index is 12.4. The van der Waals surface area contributed by atoms with Gasteiger partial charge in [-0.1, -0.05) is 18.2 Å². The summed E-state index contributed by atoms with van der Waals surface area (Å²) in [5.74, 6) is 0.253. The number of rotatable bonds is 4. The summed E-state index contributed by atoms with van der Waals surface area (Å²) in [6, 6.07) is 6.47. The topological polar surface area (TPSA) is 89.5 Å². The van der Waals surface area contributed by atoms with E-state index >= 15 is 0 Å². The minimum absolute atomic E-state index is 0. The number of nitrogens with two attached hydrogens (primary N) is 1. The molecule has 6 nitrogen and oxygen atoms in total. The number of nitro groups is 1. The van der Waals surface area contributed by atoms with Crippen LogP contribution in [0.4, 0.5) is 5.69 Å². The lowest BCUT2D eigenvalue weighted by molar-refractivity contribution is -0.385. The Morgan fingerprint density at radius 1 is 1.50 bits per heavy atom. The normalized spacial score (nSPS) is 19.2. The lowest BCUT2D eigenvalue weighted by Gasteiger charge is -2.34. The van der Waals surface area contributed by atoms with Gasteiger partial charge in [0.05, 0.1) is 11.3 Å². The van der Waals surface area contributed by atoms with Gasteiger partial charge in [0, 0.05) is 30.8 Å². The van der Waals surface area contributed by atoms with Crippen molar-refractivity contribution in [3.05, 3.63) is 39.9 Å². The molecule has 1 aromatic rings. The third-order valence-electron chi connectivity index (χ3n) is 4.08. The number of para-hydroxylation sites is 1. The van der Waals surface area contributed by atoms with Gasteiger partial charge in [-0.05, 0) is 25.7 Å². The van der Waals surface area contributed by atoms with Crippen molar-refractivity contribution >= 4 is 24.0 Å². The Morgan fingerprint density at radius 2 is 2.18 bits per heavy atom. The van der Waals surface area contributed by atoms with Crippen LogP contribution in [0, 0.1) is 16.0 Å². The van der Waals surface area contributed by atoms with E-state index in [0.29, 0.717) is 24.6 Å². The van der Waals surface area contributed by atoms with Crippen LogP contribution >= 0.6 is 12.4 Å². The largest absolute Gasteiger partial charge is 0.342 e. The van der Waals surface area contributed by atoms with Crippen molar-refractivity contribution in [2.45, 2.75) is 32.2 Å². The van der Waals surface area contributed by atoms with E-state index in [1.54, 1.807) is 23.1 Å². The first-order chi connectivity index (χ1) is 9.99. The number of amides is 1. The van der Waals surface area contributed by atoms with Crippen molar-refractivity contribution in [2.24, 2.45) is 11.7 Å². The van der Waals surface area contributed by atoms with Crippen LogP contribution in [0.15, 0.2) is 24.3 Å². The molecule has 22 heavy (non-hydrogen) atoms. The monoisotopic (exact) mass is 327 g/mol. The Morgan fingerprint density at radius 3 is 2.82 bits per heavy atom. The fraction of sp³-hybridized carbons (Fsp3) is 0.533. The fourth-order valence-electron chi connectivity index (χ4n) is 2.78. The lowest BCUT2D eigenvalue weighted by atomic mass is 9.92. The first-order valence-corrected chi connectivity index (χ1v) is 7.24. The molecule has 0 radical (unpaired) electrons. The smallest absolute Gasteiger partial charge is 0.273 e. The maximum Gasteiger partial charge on any atom is 0.273 e. The Bertz CT molecular complexity index is 537. The molecule has 2 N–H and O–H groups in total. The predicted octanol–water partition coefficient (Wildman–Crippen LogP) is 2.14. The molecule has 1 heterocycles. The predicted molar refractivity (Wildman–Crippen MR) is 87.0 cm³/mol. The molecule has 1 fully saturated rings. The Kier molecular flexibility index (Phi) is 6.77. The summed E-state index contributed by atoms with van der Waals surface area (Å²) in [4.78, 5) is 24.7. The zero-order chi connectivity index (χ0) is 15.4. The Labute approximate surface area is 136 Å². The van der Waals surface area contributed by atoms with E-state index in [1.165, 1.54) is 6.07 Å². The van der Waals surface area contributed by atoms with E-state index in [1.807, 2.05) is 6.92 Å². The van der Waals surface area contributed by atoms with Crippen molar-refractivity contribution in [1.82, 2.24) is 4.90 Å². The second-order valence-electron chi connectivity index (χ2n) is 5.66. The average molecular weight is 328 g/mol. The number of hydrogen-bond donors (Lipinski definition) is 1. The minimum Gasteiger partial charge on any atom is -0.342 e. The van der Waals surface area contributed by atoms with Crippen LogP contribution in [-0.4, -0.2) is 34.9 Å². The number of likely N-dealkylation sites (tertiary alicyclic amines) is 1. The summed E-state index contributed by atoms with van der Waals surface area (Å²) in [6.07, 6.45) is 2.05. The zero-order valence-corrected chi connectivity index (χ0v) is 13.4. The summed E-state index contributed by atoms with van der Waals surface area (Å²) in [6.45, 7) is 3.32. The molecule has 2 rings (SSSR count). The molecule has 1 saturated heterocycles. The van der Waals surface area contributed by atoms with Gasteiger partial charge in [0.2, 0.25) is 5.91 Å². The molecule has 122 valence electrons. The SMILES string of the molecule is CC(N)C1CCCN(C(=O)Cc2ccccc2[N+](=O)[O-])C1.Cl. The third-order valence-corrected chi connectivity index (χ3v) is 4.08. The van der Waals surface area contributed by atoms with Gasteiger partial charge in [0.15, 0.2) is 0 Å². The van der Waals surface area contributed by atoms with E-state index < -0.39 is 4.92 Å². The van der Waals surface area contributed by atoms with Crippen LogP contribution in [0.3, 0.4) is 0 Å². The van der Waals surface area contributed by atoms with Gasteiger partial charge in [-0.2, -0.15) is 0 Å². The van der Waals surface area contributed by atoms with Gasteiger partial charge >= 0.3 is 0 Å². The number of hydrogen-bond acceptors (Lipinski definition) is 4. The molecule has 0 aromatic heterocycles. The minimum atomic E-state index is -0.441. The summed E-state index contributed by atoms with van der Waals surface area (Å²) in [5.41, 5.74) is 6.39. The van der Waals surface area contributed by atoms with Crippen LogP contribution in [0.1, 0.15) is 25.3 Å². The molecule has 0 saturated carbocycles. The van der Waals surface area contributed by atoms with Crippen molar-refractivity contribution in [3.63, 3.8) is 0 Å². The van der Waals surface area contributed by atoms with Crippen molar-refractivity contribution in [3.8, 4) is 0 Å². The first kappa shape index (κ1) is 18.4. The Balaban J connectivity index is 0.00000242. The summed E-state index contributed by atoms with van der Waals surface area (Å²) in [5, 5.41) is 11.0.